The largest absolute Gasteiger partial charge is 1.00 e. The van der Waals surface area contributed by atoms with Gasteiger partial charge in [-0.3, -0.25) is 0 Å². The van der Waals surface area contributed by atoms with Crippen LogP contribution in [-0.4, -0.2) is 14.1 Å². The van der Waals surface area contributed by atoms with Crippen molar-refractivity contribution in [1.29, 1.82) is 5.39 Å². The standard InChI is InChI=1S/C8H10N3.Na.H2S.H/c1-11(2)8-5-3-7(10-9)4-6-8;;;/h3-6H,1-2H3;;1H2;/q2*+1;;-1. The number of benzene rings is 1. The van der Waals surface area contributed by atoms with Crippen molar-refractivity contribution < 1.29 is 31.0 Å². The van der Waals surface area contributed by atoms with Gasteiger partial charge in [0.05, 0.1) is 0 Å². The smallest absolute Gasteiger partial charge is 1.00 e. The SMILES string of the molecule is CN(C)c1ccc([N+]#N)cc1.S.[H-].[Na+]. The van der Waals surface area contributed by atoms with Gasteiger partial charge in [0.25, 0.3) is 0 Å². The molecule has 0 aliphatic rings. The van der Waals surface area contributed by atoms with Crippen LogP contribution in [0.15, 0.2) is 24.3 Å². The Balaban J connectivity index is -0.000000403. The van der Waals surface area contributed by atoms with Crippen LogP contribution in [0.4, 0.5) is 11.4 Å². The van der Waals surface area contributed by atoms with Crippen molar-refractivity contribution in [3.8, 4) is 0 Å². The topological polar surface area (TPSA) is 31.4 Å². The second-order valence-electron chi connectivity index (χ2n) is 2.51. The van der Waals surface area contributed by atoms with E-state index in [9.17, 15) is 0 Å². The number of hydrogen-bond donors (Lipinski definition) is 0. The fraction of sp³-hybridized carbons (Fsp3) is 0.250. The molecule has 0 heterocycles. The third kappa shape index (κ3) is 4.53. The fourth-order valence-corrected chi connectivity index (χ4v) is 0.817. The Morgan fingerprint density at radius 1 is 1.23 bits per heavy atom. The van der Waals surface area contributed by atoms with E-state index in [0.717, 1.165) is 5.69 Å². The van der Waals surface area contributed by atoms with Crippen LogP contribution in [0.3, 0.4) is 0 Å². The number of hydrogen-bond acceptors (Lipinski definition) is 2. The van der Waals surface area contributed by atoms with Crippen molar-refractivity contribution >= 4 is 24.9 Å². The Morgan fingerprint density at radius 2 is 1.69 bits per heavy atom. The van der Waals surface area contributed by atoms with Gasteiger partial charge in [0.1, 0.15) is 0 Å². The quantitative estimate of drug-likeness (QED) is 0.457. The molecule has 0 spiro atoms. The fourth-order valence-electron chi connectivity index (χ4n) is 0.817. The van der Waals surface area contributed by atoms with E-state index in [0.29, 0.717) is 5.69 Å². The summed E-state index contributed by atoms with van der Waals surface area (Å²) in [5, 5.41) is 8.38. The van der Waals surface area contributed by atoms with Crippen LogP contribution in [0.1, 0.15) is 1.43 Å². The van der Waals surface area contributed by atoms with Crippen molar-refractivity contribution in [2.24, 2.45) is 0 Å². The van der Waals surface area contributed by atoms with Crippen LogP contribution in [0.2, 0.25) is 0 Å². The van der Waals surface area contributed by atoms with Crippen LogP contribution in [0.5, 0.6) is 0 Å². The molecule has 1 aromatic rings. The minimum Gasteiger partial charge on any atom is -1.00 e. The molecule has 0 aliphatic carbocycles. The van der Waals surface area contributed by atoms with Gasteiger partial charge in [-0.15, -0.1) is 0 Å². The zero-order valence-corrected chi connectivity index (χ0v) is 11.2. The second-order valence-corrected chi connectivity index (χ2v) is 2.51. The molecular weight excluding hydrogens is 193 g/mol. The predicted octanol–water partition coefficient (Wildman–Crippen LogP) is -0.534. The summed E-state index contributed by atoms with van der Waals surface area (Å²) in [5.74, 6) is 0. The molecule has 13 heavy (non-hydrogen) atoms. The summed E-state index contributed by atoms with van der Waals surface area (Å²) in [6.07, 6.45) is 0. The Bertz CT molecular complexity index is 284. The number of diazo groups is 1. The molecule has 0 bridgehead atoms. The van der Waals surface area contributed by atoms with E-state index < -0.39 is 0 Å². The Labute approximate surface area is 109 Å². The summed E-state index contributed by atoms with van der Waals surface area (Å²) in [7, 11) is 3.93. The van der Waals surface area contributed by atoms with Crippen LogP contribution < -0.4 is 34.5 Å². The van der Waals surface area contributed by atoms with Crippen molar-refractivity contribution in [1.82, 2.24) is 0 Å². The summed E-state index contributed by atoms with van der Waals surface area (Å²) in [6, 6.07) is 7.31. The molecule has 0 saturated carbocycles. The molecular formula is C8H13N3NaS+. The molecule has 66 valence electrons. The average molecular weight is 206 g/mol. The van der Waals surface area contributed by atoms with Crippen LogP contribution in [0, 0.1) is 5.39 Å². The molecule has 1 rings (SSSR count). The molecule has 5 heteroatoms. The molecule has 0 saturated heterocycles. The number of nitrogens with zero attached hydrogens (tertiary/aromatic N) is 3. The maximum Gasteiger partial charge on any atom is 1.00 e. The van der Waals surface area contributed by atoms with Crippen molar-refractivity contribution in [2.75, 3.05) is 19.0 Å². The molecule has 0 amide bonds. The zero-order chi connectivity index (χ0) is 8.27. The molecule has 3 nitrogen and oxygen atoms in total. The maximum absolute atomic E-state index is 8.38. The third-order valence-corrected chi connectivity index (χ3v) is 1.48. The summed E-state index contributed by atoms with van der Waals surface area (Å²) >= 11 is 0. The van der Waals surface area contributed by atoms with E-state index in [1.165, 1.54) is 0 Å². The van der Waals surface area contributed by atoms with Gasteiger partial charge >= 0.3 is 35.2 Å². The van der Waals surface area contributed by atoms with Crippen LogP contribution in [-0.2, 0) is 0 Å². The molecule has 0 aromatic heterocycles. The maximum atomic E-state index is 8.38. The first-order chi connectivity index (χ1) is 5.24. The van der Waals surface area contributed by atoms with E-state index in [-0.39, 0.29) is 44.5 Å². The van der Waals surface area contributed by atoms with E-state index >= 15 is 0 Å². The second kappa shape index (κ2) is 7.22. The first-order valence-electron chi connectivity index (χ1n) is 3.36. The van der Waals surface area contributed by atoms with Crippen LogP contribution in [0.25, 0.3) is 4.98 Å². The van der Waals surface area contributed by atoms with Gasteiger partial charge in [-0.2, -0.15) is 13.5 Å². The summed E-state index contributed by atoms with van der Waals surface area (Å²) in [6.45, 7) is 0. The summed E-state index contributed by atoms with van der Waals surface area (Å²) in [5.41, 5.74) is 1.67. The molecule has 0 N–H and O–H groups in total. The first kappa shape index (κ1) is 15.3. The zero-order valence-electron chi connectivity index (χ0n) is 9.15. The first-order valence-corrected chi connectivity index (χ1v) is 3.36. The molecule has 0 atom stereocenters. The van der Waals surface area contributed by atoms with Gasteiger partial charge in [-0.05, 0) is 12.1 Å². The van der Waals surface area contributed by atoms with E-state index in [1.54, 1.807) is 12.1 Å². The van der Waals surface area contributed by atoms with Crippen LogP contribution >= 0.6 is 13.5 Å². The predicted molar refractivity (Wildman–Crippen MR) is 57.0 cm³/mol. The number of rotatable bonds is 1. The Kier molecular flexibility index (Phi) is 8.48. The summed E-state index contributed by atoms with van der Waals surface area (Å²) in [4.78, 5) is 5.04. The average Bonchev–Trinajstić information content (AvgIpc) is 2.05. The minimum atomic E-state index is 0. The van der Waals surface area contributed by atoms with Gasteiger partial charge in [-0.25, -0.2) is 0 Å². The molecule has 0 radical (unpaired) electrons. The third-order valence-electron chi connectivity index (χ3n) is 1.48. The van der Waals surface area contributed by atoms with Gasteiger partial charge in [0.2, 0.25) is 5.39 Å². The Morgan fingerprint density at radius 3 is 2.00 bits per heavy atom. The normalized spacial score (nSPS) is 7.46. The van der Waals surface area contributed by atoms with Gasteiger partial charge < -0.3 is 6.33 Å². The summed E-state index contributed by atoms with van der Waals surface area (Å²) < 4.78 is 0. The van der Waals surface area contributed by atoms with Crippen molar-refractivity contribution in [2.45, 2.75) is 0 Å². The van der Waals surface area contributed by atoms with Crippen molar-refractivity contribution in [3.63, 3.8) is 0 Å². The Hall–Kier alpha value is -0.210. The van der Waals surface area contributed by atoms with E-state index in [1.807, 2.05) is 31.1 Å². The molecule has 1 aromatic carbocycles. The van der Waals surface area contributed by atoms with Crippen molar-refractivity contribution in [3.05, 3.63) is 29.2 Å². The van der Waals surface area contributed by atoms with E-state index in [2.05, 4.69) is 4.98 Å². The van der Waals surface area contributed by atoms with Gasteiger partial charge in [0.15, 0.2) is 4.98 Å². The van der Waals surface area contributed by atoms with E-state index in [4.69, 9.17) is 5.39 Å². The van der Waals surface area contributed by atoms with Gasteiger partial charge in [0, 0.05) is 31.9 Å². The van der Waals surface area contributed by atoms with Gasteiger partial charge in [-0.1, -0.05) is 0 Å². The molecule has 0 fully saturated rings. The number of anilines is 1. The minimum absolute atomic E-state index is 0. The molecule has 0 unspecified atom stereocenters. The molecule has 0 aliphatic heterocycles. The monoisotopic (exact) mass is 206 g/mol.